The Labute approximate surface area is 220 Å². The van der Waals surface area contributed by atoms with Crippen molar-refractivity contribution in [3.8, 4) is 0 Å². The van der Waals surface area contributed by atoms with E-state index in [0.717, 1.165) is 30.5 Å². The number of carboxylic acids is 1. The SMILES string of the molecule is O=C([O-])CN=C(c1ccccc1)C1C=C(Cl)C=CC1N=C([O-])[C@H]1CCCN1Cc1ccccc1.[Ni+2]. The summed E-state index contributed by atoms with van der Waals surface area (Å²) in [7, 11) is 0. The normalized spacial score (nSPS) is 23.0. The Bertz CT molecular complexity index is 1120. The van der Waals surface area contributed by atoms with Crippen LogP contribution in [0.15, 0.2) is 93.9 Å². The maximum atomic E-state index is 13.3. The van der Waals surface area contributed by atoms with Gasteiger partial charge in [0, 0.05) is 23.5 Å². The van der Waals surface area contributed by atoms with Gasteiger partial charge in [-0.2, -0.15) is 0 Å². The number of nitrogens with zero attached hydrogens (tertiary/aromatic N) is 3. The number of likely N-dealkylation sites (tertiary alicyclic amines) is 1. The van der Waals surface area contributed by atoms with Gasteiger partial charge in [0.25, 0.3) is 0 Å². The van der Waals surface area contributed by atoms with E-state index in [0.29, 0.717) is 17.3 Å². The number of carboxylic acid groups (broad SMARTS) is 1. The molecule has 1 fully saturated rings. The van der Waals surface area contributed by atoms with Gasteiger partial charge in [-0.1, -0.05) is 84.4 Å². The minimum Gasteiger partial charge on any atom is -0.861 e. The number of hydrogen-bond acceptors (Lipinski definition) is 6. The van der Waals surface area contributed by atoms with Gasteiger partial charge in [0.1, 0.15) is 0 Å². The molecule has 8 heteroatoms. The summed E-state index contributed by atoms with van der Waals surface area (Å²) in [5.74, 6) is -1.92. The van der Waals surface area contributed by atoms with Crippen LogP contribution in [0.5, 0.6) is 0 Å². The summed E-state index contributed by atoms with van der Waals surface area (Å²) in [5.41, 5.74) is 2.43. The average molecular weight is 535 g/mol. The number of allylic oxidation sites excluding steroid dienone is 2. The third-order valence-corrected chi connectivity index (χ3v) is 6.33. The summed E-state index contributed by atoms with van der Waals surface area (Å²) in [6.07, 6.45) is 6.99. The predicted octanol–water partition coefficient (Wildman–Crippen LogP) is 2.32. The molecule has 0 amide bonds. The molecule has 2 aliphatic rings. The molecule has 3 atom stereocenters. The molecular formula is C27H26ClN3NiO3. The van der Waals surface area contributed by atoms with Crippen LogP contribution in [0.25, 0.3) is 0 Å². The van der Waals surface area contributed by atoms with E-state index in [1.54, 1.807) is 18.2 Å². The van der Waals surface area contributed by atoms with Gasteiger partial charge in [-0.3, -0.25) is 14.9 Å². The van der Waals surface area contributed by atoms with E-state index >= 15 is 0 Å². The van der Waals surface area contributed by atoms with E-state index in [2.05, 4.69) is 27.0 Å². The molecule has 0 N–H and O–H groups in total. The molecule has 6 nitrogen and oxygen atoms in total. The summed E-state index contributed by atoms with van der Waals surface area (Å²) in [4.78, 5) is 22.2. The minimum absolute atomic E-state index is 0. The largest absolute Gasteiger partial charge is 2.00 e. The molecule has 1 aliphatic carbocycles. The average Bonchev–Trinajstić information content (AvgIpc) is 3.30. The molecule has 184 valence electrons. The van der Waals surface area contributed by atoms with Crippen LogP contribution in [0, 0.1) is 5.92 Å². The first-order valence-corrected chi connectivity index (χ1v) is 11.8. The molecule has 1 heterocycles. The first-order chi connectivity index (χ1) is 16.5. The number of benzene rings is 2. The molecule has 0 spiro atoms. The van der Waals surface area contributed by atoms with Crippen molar-refractivity contribution in [3.63, 3.8) is 0 Å². The predicted molar refractivity (Wildman–Crippen MR) is 131 cm³/mol. The smallest absolute Gasteiger partial charge is 0.861 e. The van der Waals surface area contributed by atoms with Gasteiger partial charge in [-0.15, -0.1) is 0 Å². The first kappa shape index (κ1) is 26.9. The Morgan fingerprint density at radius 2 is 1.74 bits per heavy atom. The van der Waals surface area contributed by atoms with Gasteiger partial charge in [0.05, 0.1) is 24.3 Å². The molecule has 0 radical (unpaired) electrons. The van der Waals surface area contributed by atoms with Crippen molar-refractivity contribution in [2.45, 2.75) is 31.5 Å². The monoisotopic (exact) mass is 533 g/mol. The van der Waals surface area contributed by atoms with Gasteiger partial charge < -0.3 is 15.0 Å². The van der Waals surface area contributed by atoms with E-state index in [1.807, 2.05) is 48.5 Å². The van der Waals surface area contributed by atoms with Crippen molar-refractivity contribution in [3.05, 3.63) is 95.1 Å². The molecular weight excluding hydrogens is 508 g/mol. The number of aliphatic imine (C=N–C) groups is 2. The second kappa shape index (κ2) is 12.8. The number of hydrogen-bond donors (Lipinski definition) is 0. The third kappa shape index (κ3) is 7.14. The Morgan fingerprint density at radius 1 is 1.06 bits per heavy atom. The molecule has 1 aliphatic heterocycles. The zero-order valence-electron chi connectivity index (χ0n) is 19.0. The van der Waals surface area contributed by atoms with Gasteiger partial charge >= 0.3 is 16.5 Å². The van der Waals surface area contributed by atoms with Crippen LogP contribution in [0.3, 0.4) is 0 Å². The van der Waals surface area contributed by atoms with Gasteiger partial charge in [0.2, 0.25) is 0 Å². The molecule has 2 aromatic rings. The fourth-order valence-electron chi connectivity index (χ4n) is 4.49. The fraction of sp³-hybridized carbons (Fsp3) is 0.296. The van der Waals surface area contributed by atoms with E-state index in [4.69, 9.17) is 11.6 Å². The van der Waals surface area contributed by atoms with Crippen LogP contribution in [-0.4, -0.2) is 47.7 Å². The van der Waals surface area contributed by atoms with Gasteiger partial charge in [-0.05, 0) is 42.5 Å². The molecule has 0 saturated carbocycles. The number of aliphatic carboxylic acids is 1. The quantitative estimate of drug-likeness (QED) is 0.295. The Balaban J connectivity index is 0.00000342. The maximum Gasteiger partial charge on any atom is 2.00 e. The van der Waals surface area contributed by atoms with E-state index < -0.39 is 24.5 Å². The molecule has 0 aromatic heterocycles. The van der Waals surface area contributed by atoms with E-state index in [1.165, 1.54) is 0 Å². The number of halogens is 1. The molecule has 1 saturated heterocycles. The molecule has 2 aromatic carbocycles. The van der Waals surface area contributed by atoms with Gasteiger partial charge in [-0.25, -0.2) is 0 Å². The van der Waals surface area contributed by atoms with Crippen LogP contribution in [0.1, 0.15) is 24.0 Å². The van der Waals surface area contributed by atoms with Crippen molar-refractivity contribution in [2.75, 3.05) is 13.1 Å². The second-order valence-electron chi connectivity index (χ2n) is 8.45. The topological polar surface area (TPSA) is 91.1 Å². The van der Waals surface area contributed by atoms with Crippen LogP contribution < -0.4 is 10.2 Å². The second-order valence-corrected chi connectivity index (χ2v) is 8.88. The fourth-order valence-corrected chi connectivity index (χ4v) is 4.70. The van der Waals surface area contributed by atoms with Crippen molar-refractivity contribution in [1.29, 1.82) is 0 Å². The number of carbonyl (C=O) groups is 1. The van der Waals surface area contributed by atoms with Crippen LogP contribution in [-0.2, 0) is 27.8 Å². The zero-order chi connectivity index (χ0) is 23.9. The van der Waals surface area contributed by atoms with Crippen molar-refractivity contribution < 1.29 is 31.5 Å². The van der Waals surface area contributed by atoms with Crippen LogP contribution in [0.4, 0.5) is 0 Å². The van der Waals surface area contributed by atoms with Gasteiger partial charge in [0.15, 0.2) is 0 Å². The number of carbonyl (C=O) groups excluding carboxylic acids is 1. The third-order valence-electron chi connectivity index (χ3n) is 6.08. The van der Waals surface area contributed by atoms with E-state index in [9.17, 15) is 15.0 Å². The van der Waals surface area contributed by atoms with Crippen molar-refractivity contribution in [1.82, 2.24) is 4.90 Å². The van der Waals surface area contributed by atoms with Crippen LogP contribution >= 0.6 is 11.6 Å². The molecule has 0 bridgehead atoms. The standard InChI is InChI=1S/C27H28ClN3O3.Ni/c28-21-13-14-23(22(16-21)26(29-17-25(32)33)20-10-5-2-6-11-20)30-27(34)24-12-7-15-31(24)18-19-8-3-1-4-9-19;/h1-6,8-11,13-14,16,22-24H,7,12,15,17-18H2,(H,30,34)(H,32,33);/q;+2/p-2/t22?,23?,24-;/m1./s1. The summed E-state index contributed by atoms with van der Waals surface area (Å²) in [5, 5.41) is 25.0. The summed E-state index contributed by atoms with van der Waals surface area (Å²) in [6, 6.07) is 18.6. The minimum atomic E-state index is -1.28. The molecule has 2 unspecified atom stereocenters. The maximum absolute atomic E-state index is 13.3. The Hall–Kier alpha value is -2.73. The van der Waals surface area contributed by atoms with Crippen LogP contribution in [0.2, 0.25) is 0 Å². The summed E-state index contributed by atoms with van der Waals surface area (Å²) in [6.45, 7) is 1.06. The zero-order valence-corrected chi connectivity index (χ0v) is 20.8. The number of rotatable bonds is 8. The summed E-state index contributed by atoms with van der Waals surface area (Å²) < 4.78 is 0. The first-order valence-electron chi connectivity index (χ1n) is 11.4. The molecule has 35 heavy (non-hydrogen) atoms. The summed E-state index contributed by atoms with van der Waals surface area (Å²) >= 11 is 6.30. The van der Waals surface area contributed by atoms with Crippen molar-refractivity contribution >= 4 is 29.2 Å². The Morgan fingerprint density at radius 3 is 2.43 bits per heavy atom. The Kier molecular flexibility index (Phi) is 9.85. The molecule has 4 rings (SSSR count). The van der Waals surface area contributed by atoms with E-state index in [-0.39, 0.29) is 28.4 Å². The van der Waals surface area contributed by atoms with Crippen molar-refractivity contribution in [2.24, 2.45) is 15.9 Å².